The van der Waals surface area contributed by atoms with E-state index in [9.17, 15) is 4.79 Å². The van der Waals surface area contributed by atoms with Crippen molar-refractivity contribution in [3.63, 3.8) is 0 Å². The van der Waals surface area contributed by atoms with Crippen LogP contribution in [0.15, 0.2) is 35.1 Å². The molecule has 0 amide bonds. The van der Waals surface area contributed by atoms with E-state index < -0.39 is 0 Å². The smallest absolute Gasteiger partial charge is 0.252 e. The highest BCUT2D eigenvalue weighted by molar-refractivity contribution is 5.56. The molecular formula is C14H14N4O. The van der Waals surface area contributed by atoms with E-state index >= 15 is 0 Å². The van der Waals surface area contributed by atoms with Crippen molar-refractivity contribution in [3.8, 4) is 6.07 Å². The third-order valence-electron chi connectivity index (χ3n) is 2.56. The predicted octanol–water partition coefficient (Wildman–Crippen LogP) is 2.34. The molecule has 0 atom stereocenters. The number of nitrogens with one attached hydrogen (secondary N) is 2. The summed E-state index contributed by atoms with van der Waals surface area (Å²) in [6.45, 7) is 2.03. The van der Waals surface area contributed by atoms with Crippen molar-refractivity contribution in [1.82, 2.24) is 9.97 Å². The molecule has 0 aliphatic carbocycles. The summed E-state index contributed by atoms with van der Waals surface area (Å²) in [5.41, 5.74) is 1.84. The first-order valence-corrected chi connectivity index (χ1v) is 6.08. The molecule has 0 saturated heterocycles. The van der Waals surface area contributed by atoms with Gasteiger partial charge in [0.15, 0.2) is 0 Å². The Morgan fingerprint density at radius 3 is 3.00 bits per heavy atom. The Bertz CT molecular complexity index is 670. The zero-order chi connectivity index (χ0) is 13.7. The molecule has 0 bridgehead atoms. The molecular weight excluding hydrogens is 240 g/mol. The molecule has 0 fully saturated rings. The van der Waals surface area contributed by atoms with Crippen LogP contribution in [0.25, 0.3) is 0 Å². The summed E-state index contributed by atoms with van der Waals surface area (Å²) in [6, 6.07) is 10.6. The highest BCUT2D eigenvalue weighted by Crippen LogP contribution is 2.13. The zero-order valence-corrected chi connectivity index (χ0v) is 10.6. The van der Waals surface area contributed by atoms with Crippen LogP contribution in [-0.2, 0) is 6.42 Å². The molecule has 19 heavy (non-hydrogen) atoms. The van der Waals surface area contributed by atoms with E-state index in [0.29, 0.717) is 11.5 Å². The van der Waals surface area contributed by atoms with E-state index in [-0.39, 0.29) is 5.56 Å². The average Bonchev–Trinajstić information content (AvgIpc) is 2.38. The molecule has 0 spiro atoms. The number of anilines is 2. The van der Waals surface area contributed by atoms with E-state index in [1.54, 1.807) is 18.2 Å². The Labute approximate surface area is 110 Å². The molecule has 0 aliphatic rings. The third-order valence-corrected chi connectivity index (χ3v) is 2.56. The van der Waals surface area contributed by atoms with Gasteiger partial charge in [-0.15, -0.1) is 0 Å². The van der Waals surface area contributed by atoms with Crippen LogP contribution < -0.4 is 10.9 Å². The first-order valence-electron chi connectivity index (χ1n) is 6.08. The lowest BCUT2D eigenvalue weighted by Crippen LogP contribution is -2.12. The first-order chi connectivity index (χ1) is 9.21. The second kappa shape index (κ2) is 5.83. The number of aryl methyl sites for hydroxylation is 1. The van der Waals surface area contributed by atoms with Crippen LogP contribution in [0, 0.1) is 11.3 Å². The number of hydrogen-bond donors (Lipinski definition) is 2. The van der Waals surface area contributed by atoms with Gasteiger partial charge in [-0.05, 0) is 24.6 Å². The molecule has 5 heteroatoms. The summed E-state index contributed by atoms with van der Waals surface area (Å²) in [7, 11) is 0. The second-order valence-corrected chi connectivity index (χ2v) is 4.15. The SMILES string of the molecule is CCCc1cc(=O)[nH]c(Nc2cccc(C#N)c2)n1. The largest absolute Gasteiger partial charge is 0.326 e. The van der Waals surface area contributed by atoms with Crippen LogP contribution in [0.4, 0.5) is 11.6 Å². The average molecular weight is 254 g/mol. The lowest BCUT2D eigenvalue weighted by molar-refractivity contribution is 0.870. The molecule has 0 saturated carbocycles. The Morgan fingerprint density at radius 1 is 1.42 bits per heavy atom. The van der Waals surface area contributed by atoms with E-state index in [4.69, 9.17) is 5.26 Å². The highest BCUT2D eigenvalue weighted by Gasteiger charge is 2.02. The maximum Gasteiger partial charge on any atom is 0.252 e. The predicted molar refractivity (Wildman–Crippen MR) is 73.3 cm³/mol. The molecule has 96 valence electrons. The maximum absolute atomic E-state index is 11.5. The van der Waals surface area contributed by atoms with Crippen LogP contribution in [0.3, 0.4) is 0 Å². The molecule has 2 N–H and O–H groups in total. The van der Waals surface area contributed by atoms with Crippen LogP contribution in [0.1, 0.15) is 24.6 Å². The third kappa shape index (κ3) is 3.42. The molecule has 5 nitrogen and oxygen atoms in total. The van der Waals surface area contributed by atoms with Gasteiger partial charge in [-0.1, -0.05) is 19.4 Å². The van der Waals surface area contributed by atoms with E-state index in [2.05, 4.69) is 21.4 Å². The monoisotopic (exact) mass is 254 g/mol. The minimum Gasteiger partial charge on any atom is -0.326 e. The molecule has 1 heterocycles. The molecule has 2 rings (SSSR count). The van der Waals surface area contributed by atoms with Crippen LogP contribution in [0.5, 0.6) is 0 Å². The minimum atomic E-state index is -0.183. The van der Waals surface area contributed by atoms with Gasteiger partial charge in [-0.3, -0.25) is 9.78 Å². The number of H-pyrrole nitrogens is 1. The van der Waals surface area contributed by atoms with Crippen molar-refractivity contribution in [2.24, 2.45) is 0 Å². The number of rotatable bonds is 4. The van der Waals surface area contributed by atoms with Crippen LogP contribution in [0.2, 0.25) is 0 Å². The molecule has 0 unspecified atom stereocenters. The second-order valence-electron chi connectivity index (χ2n) is 4.15. The van der Waals surface area contributed by atoms with Gasteiger partial charge < -0.3 is 5.32 Å². The molecule has 0 radical (unpaired) electrons. The van der Waals surface area contributed by atoms with Crippen molar-refractivity contribution < 1.29 is 0 Å². The topological polar surface area (TPSA) is 81.6 Å². The quantitative estimate of drug-likeness (QED) is 0.877. The van der Waals surface area contributed by atoms with Gasteiger partial charge in [0.05, 0.1) is 11.6 Å². The van der Waals surface area contributed by atoms with Crippen LogP contribution in [-0.4, -0.2) is 9.97 Å². The summed E-state index contributed by atoms with van der Waals surface area (Å²) < 4.78 is 0. The summed E-state index contributed by atoms with van der Waals surface area (Å²) >= 11 is 0. The number of nitriles is 1. The standard InChI is InChI=1S/C14H14N4O/c1-2-4-11-8-13(19)18-14(16-11)17-12-6-3-5-10(7-12)9-15/h3,5-8H,2,4H2,1H3,(H2,16,17,18,19). The Kier molecular flexibility index (Phi) is 3.94. The fraction of sp³-hybridized carbons (Fsp3) is 0.214. The van der Waals surface area contributed by atoms with Crippen molar-refractivity contribution in [3.05, 3.63) is 51.9 Å². The fourth-order valence-electron chi connectivity index (χ4n) is 1.75. The van der Waals surface area contributed by atoms with E-state index in [0.717, 1.165) is 24.2 Å². The zero-order valence-electron chi connectivity index (χ0n) is 10.6. The van der Waals surface area contributed by atoms with Gasteiger partial charge in [0.1, 0.15) is 0 Å². The minimum absolute atomic E-state index is 0.183. The lowest BCUT2D eigenvalue weighted by Gasteiger charge is -2.06. The molecule has 1 aromatic carbocycles. The number of benzene rings is 1. The molecule has 0 aliphatic heterocycles. The van der Waals surface area contributed by atoms with Crippen molar-refractivity contribution in [2.45, 2.75) is 19.8 Å². The summed E-state index contributed by atoms with van der Waals surface area (Å²) in [4.78, 5) is 18.5. The lowest BCUT2D eigenvalue weighted by atomic mass is 10.2. The summed E-state index contributed by atoms with van der Waals surface area (Å²) in [5, 5.41) is 11.8. The number of aromatic amines is 1. The highest BCUT2D eigenvalue weighted by atomic mass is 16.1. The van der Waals surface area contributed by atoms with Gasteiger partial charge in [-0.25, -0.2) is 4.98 Å². The van der Waals surface area contributed by atoms with E-state index in [1.165, 1.54) is 6.07 Å². The Morgan fingerprint density at radius 2 is 2.26 bits per heavy atom. The van der Waals surface area contributed by atoms with Gasteiger partial charge in [0.2, 0.25) is 5.95 Å². The summed E-state index contributed by atoms with van der Waals surface area (Å²) in [6.07, 6.45) is 1.69. The molecule has 1 aromatic heterocycles. The number of hydrogen-bond acceptors (Lipinski definition) is 4. The van der Waals surface area contributed by atoms with Crippen molar-refractivity contribution in [1.29, 1.82) is 5.26 Å². The molecule has 2 aromatic rings. The van der Waals surface area contributed by atoms with Crippen LogP contribution >= 0.6 is 0 Å². The summed E-state index contributed by atoms with van der Waals surface area (Å²) in [5.74, 6) is 0.394. The van der Waals surface area contributed by atoms with Crippen molar-refractivity contribution >= 4 is 11.6 Å². The normalized spacial score (nSPS) is 9.89. The number of aromatic nitrogens is 2. The van der Waals surface area contributed by atoms with Gasteiger partial charge in [-0.2, -0.15) is 5.26 Å². The van der Waals surface area contributed by atoms with E-state index in [1.807, 2.05) is 13.0 Å². The maximum atomic E-state index is 11.5. The van der Waals surface area contributed by atoms with Crippen molar-refractivity contribution in [2.75, 3.05) is 5.32 Å². The first kappa shape index (κ1) is 12.8. The Hall–Kier alpha value is -2.61. The Balaban J connectivity index is 2.27. The fourth-order valence-corrected chi connectivity index (χ4v) is 1.75. The van der Waals surface area contributed by atoms with Gasteiger partial charge >= 0.3 is 0 Å². The van der Waals surface area contributed by atoms with Gasteiger partial charge in [0, 0.05) is 17.4 Å². The number of nitrogens with zero attached hydrogens (tertiary/aromatic N) is 2. The van der Waals surface area contributed by atoms with Gasteiger partial charge in [0.25, 0.3) is 5.56 Å².